The minimum absolute atomic E-state index is 0.0935. The van der Waals surface area contributed by atoms with E-state index < -0.39 is 0 Å². The van der Waals surface area contributed by atoms with Crippen molar-refractivity contribution in [3.63, 3.8) is 0 Å². The Bertz CT molecular complexity index is 824. The molecule has 2 aliphatic rings. The van der Waals surface area contributed by atoms with Gasteiger partial charge in [0.15, 0.2) is 0 Å². The molecular weight excluding hydrogens is 343 g/mol. The quantitative estimate of drug-likeness (QED) is 0.831. The van der Waals surface area contributed by atoms with E-state index in [0.717, 1.165) is 74.5 Å². The summed E-state index contributed by atoms with van der Waals surface area (Å²) in [4.78, 5) is 17.2. The molecule has 0 spiro atoms. The summed E-state index contributed by atoms with van der Waals surface area (Å²) in [5, 5.41) is 0. The lowest BCUT2D eigenvalue weighted by molar-refractivity contribution is 0.0761. The van der Waals surface area contributed by atoms with Crippen LogP contribution in [0.1, 0.15) is 34.3 Å². The van der Waals surface area contributed by atoms with Gasteiger partial charge in [-0.05, 0) is 60.7 Å². The second-order valence-corrected chi connectivity index (χ2v) is 7.33. The lowest BCUT2D eigenvalue weighted by atomic mass is 10.0. The first-order chi connectivity index (χ1) is 13.2. The summed E-state index contributed by atoms with van der Waals surface area (Å²) in [6.45, 7) is 4.64. The molecule has 2 heterocycles. The molecule has 4 nitrogen and oxygen atoms in total. The molecule has 1 fully saturated rings. The fraction of sp³-hybridized carbons (Fsp3) is 0.409. The first-order valence-electron chi connectivity index (χ1n) is 9.71. The first-order valence-corrected chi connectivity index (χ1v) is 9.71. The molecule has 0 atom stereocenters. The normalized spacial score (nSPS) is 17.7. The highest BCUT2D eigenvalue weighted by atomic mass is 19.1. The van der Waals surface area contributed by atoms with E-state index in [-0.39, 0.29) is 11.7 Å². The van der Waals surface area contributed by atoms with Gasteiger partial charge >= 0.3 is 0 Å². The van der Waals surface area contributed by atoms with Gasteiger partial charge in [-0.2, -0.15) is 0 Å². The zero-order valence-electron chi connectivity index (χ0n) is 15.5. The van der Waals surface area contributed by atoms with Gasteiger partial charge in [0.2, 0.25) is 0 Å². The average molecular weight is 368 g/mol. The molecule has 2 aliphatic heterocycles. The second kappa shape index (κ2) is 8.09. The molecule has 0 aliphatic carbocycles. The van der Waals surface area contributed by atoms with Gasteiger partial charge in [-0.3, -0.25) is 9.69 Å². The van der Waals surface area contributed by atoms with Crippen molar-refractivity contribution in [1.82, 2.24) is 9.80 Å². The summed E-state index contributed by atoms with van der Waals surface area (Å²) in [5.74, 6) is 0.807. The van der Waals surface area contributed by atoms with Gasteiger partial charge in [-0.25, -0.2) is 4.39 Å². The average Bonchev–Trinajstić information content (AvgIpc) is 2.93. The van der Waals surface area contributed by atoms with Gasteiger partial charge in [0.25, 0.3) is 5.91 Å². The number of hydrogen-bond acceptors (Lipinski definition) is 3. The molecule has 4 rings (SSSR count). The number of amides is 1. The molecule has 0 bridgehead atoms. The third-order valence-corrected chi connectivity index (χ3v) is 5.33. The Morgan fingerprint density at radius 1 is 1.04 bits per heavy atom. The summed E-state index contributed by atoms with van der Waals surface area (Å²) in [5.41, 5.74) is 2.86. The standard InChI is InChI=1S/C22H25FN2O2/c23-20-6-1-4-17(14-20)16-24-9-3-10-25(12-11-24)22(26)19-7-8-21-18(15-19)5-2-13-27-21/h1,4,6-8,14-15H,2-3,5,9-13,16H2. The van der Waals surface area contributed by atoms with Crippen molar-refractivity contribution in [1.29, 1.82) is 0 Å². The van der Waals surface area contributed by atoms with Crippen LogP contribution in [0.15, 0.2) is 42.5 Å². The summed E-state index contributed by atoms with van der Waals surface area (Å²) in [6.07, 6.45) is 2.90. The fourth-order valence-corrected chi connectivity index (χ4v) is 3.90. The van der Waals surface area contributed by atoms with Gasteiger partial charge in [0.1, 0.15) is 11.6 Å². The Labute approximate surface area is 159 Å². The number of aryl methyl sites for hydroxylation is 1. The van der Waals surface area contributed by atoms with Gasteiger partial charge in [-0.1, -0.05) is 12.1 Å². The molecule has 0 unspecified atom stereocenters. The molecule has 0 N–H and O–H groups in total. The van der Waals surface area contributed by atoms with Crippen LogP contribution >= 0.6 is 0 Å². The number of ether oxygens (including phenoxy) is 1. The number of benzene rings is 2. The maximum Gasteiger partial charge on any atom is 0.253 e. The van der Waals surface area contributed by atoms with E-state index in [0.29, 0.717) is 6.54 Å². The van der Waals surface area contributed by atoms with Gasteiger partial charge in [0, 0.05) is 38.3 Å². The number of fused-ring (bicyclic) bond motifs is 1. The van der Waals surface area contributed by atoms with Crippen molar-refractivity contribution >= 4 is 5.91 Å². The summed E-state index contributed by atoms with van der Waals surface area (Å²) in [7, 11) is 0. The van der Waals surface area contributed by atoms with Gasteiger partial charge in [-0.15, -0.1) is 0 Å². The lowest BCUT2D eigenvalue weighted by Crippen LogP contribution is -2.35. The highest BCUT2D eigenvalue weighted by Crippen LogP contribution is 2.26. The molecule has 2 aromatic carbocycles. The molecule has 1 saturated heterocycles. The second-order valence-electron chi connectivity index (χ2n) is 7.33. The van der Waals surface area contributed by atoms with Crippen LogP contribution in [0, 0.1) is 5.82 Å². The van der Waals surface area contributed by atoms with Crippen molar-refractivity contribution in [3.8, 4) is 5.75 Å². The highest BCUT2D eigenvalue weighted by Gasteiger charge is 2.22. The minimum atomic E-state index is -0.199. The molecule has 142 valence electrons. The number of nitrogens with zero attached hydrogens (tertiary/aromatic N) is 2. The van der Waals surface area contributed by atoms with Crippen LogP contribution in [0.5, 0.6) is 5.75 Å². The predicted molar refractivity (Wildman–Crippen MR) is 102 cm³/mol. The monoisotopic (exact) mass is 368 g/mol. The van der Waals surface area contributed by atoms with Gasteiger partial charge < -0.3 is 9.64 Å². The van der Waals surface area contributed by atoms with Crippen LogP contribution in [-0.2, 0) is 13.0 Å². The van der Waals surface area contributed by atoms with E-state index in [2.05, 4.69) is 4.90 Å². The van der Waals surface area contributed by atoms with Gasteiger partial charge in [0.05, 0.1) is 6.61 Å². The van der Waals surface area contributed by atoms with E-state index in [1.54, 1.807) is 12.1 Å². The van der Waals surface area contributed by atoms with Crippen LogP contribution in [0.4, 0.5) is 4.39 Å². The van der Waals surface area contributed by atoms with Crippen molar-refractivity contribution < 1.29 is 13.9 Å². The van der Waals surface area contributed by atoms with Crippen LogP contribution in [-0.4, -0.2) is 48.5 Å². The molecule has 0 radical (unpaired) electrons. The molecular formula is C22H25FN2O2. The number of hydrogen-bond donors (Lipinski definition) is 0. The Hall–Kier alpha value is -2.40. The Morgan fingerprint density at radius 2 is 1.96 bits per heavy atom. The molecule has 27 heavy (non-hydrogen) atoms. The molecule has 0 saturated carbocycles. The summed E-state index contributed by atoms with van der Waals surface area (Å²) >= 11 is 0. The van der Waals surface area contributed by atoms with Crippen molar-refractivity contribution in [2.75, 3.05) is 32.8 Å². The number of carbonyl (C=O) groups is 1. The van der Waals surface area contributed by atoms with Crippen LogP contribution < -0.4 is 4.74 Å². The summed E-state index contributed by atoms with van der Waals surface area (Å²) in [6, 6.07) is 12.5. The highest BCUT2D eigenvalue weighted by molar-refractivity contribution is 5.94. The Balaban J connectivity index is 1.39. The van der Waals surface area contributed by atoms with Crippen LogP contribution in [0.2, 0.25) is 0 Å². The first kappa shape index (κ1) is 18.0. The largest absolute Gasteiger partial charge is 0.493 e. The van der Waals surface area contributed by atoms with E-state index in [4.69, 9.17) is 4.74 Å². The van der Waals surface area contributed by atoms with Crippen LogP contribution in [0.25, 0.3) is 0 Å². The lowest BCUT2D eigenvalue weighted by Gasteiger charge is -2.23. The zero-order valence-corrected chi connectivity index (χ0v) is 15.5. The van der Waals surface area contributed by atoms with Crippen LogP contribution in [0.3, 0.4) is 0 Å². The van der Waals surface area contributed by atoms with Crippen molar-refractivity contribution in [2.24, 2.45) is 0 Å². The predicted octanol–water partition coefficient (Wildman–Crippen LogP) is 3.50. The number of rotatable bonds is 3. The zero-order chi connectivity index (χ0) is 18.6. The van der Waals surface area contributed by atoms with E-state index in [9.17, 15) is 9.18 Å². The fourth-order valence-electron chi connectivity index (χ4n) is 3.90. The van der Waals surface area contributed by atoms with E-state index in [1.807, 2.05) is 29.2 Å². The van der Waals surface area contributed by atoms with Crippen molar-refractivity contribution in [2.45, 2.75) is 25.8 Å². The molecule has 0 aromatic heterocycles. The third-order valence-electron chi connectivity index (χ3n) is 5.33. The summed E-state index contributed by atoms with van der Waals surface area (Å²) < 4.78 is 19.0. The molecule has 2 aromatic rings. The molecule has 5 heteroatoms. The minimum Gasteiger partial charge on any atom is -0.493 e. The smallest absolute Gasteiger partial charge is 0.253 e. The third kappa shape index (κ3) is 4.30. The number of carbonyl (C=O) groups excluding carboxylic acids is 1. The topological polar surface area (TPSA) is 32.8 Å². The Kier molecular flexibility index (Phi) is 5.39. The SMILES string of the molecule is O=C(c1ccc2c(c1)CCCO2)N1CCCN(Cc2cccc(F)c2)CC1. The number of halogens is 1. The Morgan fingerprint density at radius 3 is 2.85 bits per heavy atom. The maximum atomic E-state index is 13.4. The van der Waals surface area contributed by atoms with Crippen molar-refractivity contribution in [3.05, 3.63) is 65.0 Å². The molecule has 1 amide bonds. The van der Waals surface area contributed by atoms with E-state index in [1.165, 1.54) is 6.07 Å². The van der Waals surface area contributed by atoms with E-state index >= 15 is 0 Å². The maximum absolute atomic E-state index is 13.4.